The van der Waals surface area contributed by atoms with E-state index in [1.54, 1.807) is 6.08 Å². The van der Waals surface area contributed by atoms with Crippen LogP contribution in [0.2, 0.25) is 0 Å². The average molecular weight is 262 g/mol. The fraction of sp³-hybridized carbons (Fsp3) is 0.438. The molecule has 0 spiro atoms. The van der Waals surface area contributed by atoms with E-state index in [2.05, 4.69) is 6.92 Å². The molecule has 0 aliphatic heterocycles. The summed E-state index contributed by atoms with van der Waals surface area (Å²) in [4.78, 5) is 11.4. The molecule has 0 amide bonds. The second kappa shape index (κ2) is 8.35. The summed E-state index contributed by atoms with van der Waals surface area (Å²) < 4.78 is 10.6. The van der Waals surface area contributed by atoms with Gasteiger partial charge in [0.2, 0.25) is 0 Å². The highest BCUT2D eigenvalue weighted by Gasteiger charge is 1.99. The van der Waals surface area contributed by atoms with Crippen molar-refractivity contribution in [3.05, 3.63) is 35.9 Å². The van der Waals surface area contributed by atoms with Gasteiger partial charge in [0, 0.05) is 6.08 Å². The molecule has 0 aliphatic rings. The number of hydrogen-bond acceptors (Lipinski definition) is 3. The minimum atomic E-state index is -0.302. The molecule has 0 saturated heterocycles. The fourth-order valence-corrected chi connectivity index (χ4v) is 1.49. The van der Waals surface area contributed by atoms with Crippen LogP contribution in [0.25, 0.3) is 6.08 Å². The minimum Gasteiger partial charge on any atom is -0.491 e. The number of rotatable bonds is 7. The quantitative estimate of drug-likeness (QED) is 0.425. The Morgan fingerprint density at radius 1 is 1.37 bits per heavy atom. The molecule has 1 aromatic rings. The van der Waals surface area contributed by atoms with Gasteiger partial charge in [0.1, 0.15) is 5.75 Å². The van der Waals surface area contributed by atoms with Crippen LogP contribution >= 0.6 is 0 Å². The molecular weight excluding hydrogens is 240 g/mol. The lowest BCUT2D eigenvalue weighted by Crippen LogP contribution is -2.05. The molecule has 0 fully saturated rings. The van der Waals surface area contributed by atoms with E-state index < -0.39 is 0 Å². The van der Waals surface area contributed by atoms with E-state index in [-0.39, 0.29) is 12.1 Å². The van der Waals surface area contributed by atoms with E-state index in [0.717, 1.165) is 24.2 Å². The highest BCUT2D eigenvalue weighted by atomic mass is 16.5. The molecule has 0 N–H and O–H groups in total. The second-order valence-electron chi connectivity index (χ2n) is 4.59. The second-order valence-corrected chi connectivity index (χ2v) is 4.59. The van der Waals surface area contributed by atoms with Crippen LogP contribution in [0.1, 0.15) is 39.2 Å². The summed E-state index contributed by atoms with van der Waals surface area (Å²) in [6.45, 7) is 6.50. The molecule has 0 unspecified atom stereocenters. The lowest BCUT2D eigenvalue weighted by Gasteiger charge is -2.09. The fourth-order valence-electron chi connectivity index (χ4n) is 1.49. The molecule has 19 heavy (non-hydrogen) atoms. The van der Waals surface area contributed by atoms with Crippen LogP contribution in [0.15, 0.2) is 30.3 Å². The van der Waals surface area contributed by atoms with Crippen molar-refractivity contribution < 1.29 is 14.3 Å². The van der Waals surface area contributed by atoms with Gasteiger partial charge in [-0.25, -0.2) is 4.79 Å². The van der Waals surface area contributed by atoms with Gasteiger partial charge < -0.3 is 9.47 Å². The highest BCUT2D eigenvalue weighted by Crippen LogP contribution is 2.15. The maximum atomic E-state index is 11.4. The largest absolute Gasteiger partial charge is 0.491 e. The van der Waals surface area contributed by atoms with E-state index in [4.69, 9.17) is 9.47 Å². The third-order valence-corrected chi connectivity index (χ3v) is 2.38. The van der Waals surface area contributed by atoms with Gasteiger partial charge in [0.25, 0.3) is 0 Å². The predicted octanol–water partition coefficient (Wildman–Crippen LogP) is 3.83. The molecule has 0 heterocycles. The third-order valence-electron chi connectivity index (χ3n) is 2.38. The molecule has 1 rings (SSSR count). The Hall–Kier alpha value is -1.77. The van der Waals surface area contributed by atoms with Gasteiger partial charge in [-0.2, -0.15) is 0 Å². The van der Waals surface area contributed by atoms with Crippen molar-refractivity contribution in [3.8, 4) is 5.75 Å². The zero-order chi connectivity index (χ0) is 14.1. The van der Waals surface area contributed by atoms with Crippen LogP contribution in [0.4, 0.5) is 0 Å². The van der Waals surface area contributed by atoms with E-state index in [1.807, 2.05) is 38.1 Å². The Bertz CT molecular complexity index is 422. The van der Waals surface area contributed by atoms with Gasteiger partial charge in [-0.3, -0.25) is 0 Å². The molecule has 1 aromatic carbocycles. The van der Waals surface area contributed by atoms with Gasteiger partial charge >= 0.3 is 5.97 Å². The maximum Gasteiger partial charge on any atom is 0.330 e. The van der Waals surface area contributed by atoms with Crippen molar-refractivity contribution in [1.82, 2.24) is 0 Å². The van der Waals surface area contributed by atoms with Crippen molar-refractivity contribution in [3.63, 3.8) is 0 Å². The monoisotopic (exact) mass is 262 g/mol. The smallest absolute Gasteiger partial charge is 0.330 e. The summed E-state index contributed by atoms with van der Waals surface area (Å²) in [6, 6.07) is 7.62. The summed E-state index contributed by atoms with van der Waals surface area (Å²) >= 11 is 0. The molecule has 104 valence electrons. The van der Waals surface area contributed by atoms with Gasteiger partial charge in [-0.15, -0.1) is 0 Å². The first-order valence-corrected chi connectivity index (χ1v) is 6.73. The number of esters is 1. The summed E-state index contributed by atoms with van der Waals surface area (Å²) in [5.41, 5.74) is 0.922. The molecule has 3 nitrogen and oxygen atoms in total. The lowest BCUT2D eigenvalue weighted by molar-refractivity contribution is -0.137. The molecule has 0 atom stereocenters. The van der Waals surface area contributed by atoms with Crippen molar-refractivity contribution in [1.29, 1.82) is 0 Å². The van der Waals surface area contributed by atoms with Crippen molar-refractivity contribution in [2.45, 2.75) is 39.7 Å². The van der Waals surface area contributed by atoms with Crippen LogP contribution in [0.5, 0.6) is 5.75 Å². The van der Waals surface area contributed by atoms with Gasteiger partial charge in [-0.1, -0.05) is 25.5 Å². The number of unbranched alkanes of at least 4 members (excludes halogenated alkanes) is 1. The van der Waals surface area contributed by atoms with Crippen molar-refractivity contribution in [2.24, 2.45) is 0 Å². The standard InChI is InChI=1S/C16H22O3/c1-4-5-11-18-16(17)10-9-14-7-6-8-15(12-14)19-13(2)3/h6-10,12-13H,4-5,11H2,1-3H3/b10-9+. The van der Waals surface area contributed by atoms with Crippen LogP contribution in [-0.4, -0.2) is 18.7 Å². The van der Waals surface area contributed by atoms with E-state index >= 15 is 0 Å². The Balaban J connectivity index is 2.53. The molecule has 0 bridgehead atoms. The Kier molecular flexibility index (Phi) is 6.72. The first-order valence-electron chi connectivity index (χ1n) is 6.73. The number of carbonyl (C=O) groups excluding carboxylic acids is 1. The minimum absolute atomic E-state index is 0.137. The van der Waals surface area contributed by atoms with Crippen LogP contribution < -0.4 is 4.74 Å². The maximum absolute atomic E-state index is 11.4. The number of ether oxygens (including phenoxy) is 2. The normalized spacial score (nSPS) is 10.9. The highest BCUT2D eigenvalue weighted by molar-refractivity contribution is 5.87. The molecule has 0 radical (unpaired) electrons. The lowest BCUT2D eigenvalue weighted by atomic mass is 10.2. The van der Waals surface area contributed by atoms with Crippen LogP contribution in [-0.2, 0) is 9.53 Å². The Morgan fingerprint density at radius 2 is 2.16 bits per heavy atom. The zero-order valence-corrected chi connectivity index (χ0v) is 11.9. The van der Waals surface area contributed by atoms with Gasteiger partial charge in [0.15, 0.2) is 0 Å². The van der Waals surface area contributed by atoms with Gasteiger partial charge in [0.05, 0.1) is 12.7 Å². The summed E-state index contributed by atoms with van der Waals surface area (Å²) in [7, 11) is 0. The number of hydrogen-bond donors (Lipinski definition) is 0. The van der Waals surface area contributed by atoms with Crippen LogP contribution in [0.3, 0.4) is 0 Å². The van der Waals surface area contributed by atoms with E-state index in [9.17, 15) is 4.79 Å². The van der Waals surface area contributed by atoms with E-state index in [0.29, 0.717) is 6.61 Å². The molecule has 0 aliphatic carbocycles. The average Bonchev–Trinajstić information content (AvgIpc) is 2.36. The summed E-state index contributed by atoms with van der Waals surface area (Å²) in [5.74, 6) is 0.500. The first kappa shape index (κ1) is 15.3. The summed E-state index contributed by atoms with van der Waals surface area (Å²) in [5, 5.41) is 0. The van der Waals surface area contributed by atoms with Crippen molar-refractivity contribution in [2.75, 3.05) is 6.61 Å². The zero-order valence-electron chi connectivity index (χ0n) is 11.9. The topological polar surface area (TPSA) is 35.5 Å². The van der Waals surface area contributed by atoms with Gasteiger partial charge in [-0.05, 0) is 44.0 Å². The SMILES string of the molecule is CCCCOC(=O)/C=C/c1cccc(OC(C)C)c1. The van der Waals surface area contributed by atoms with Crippen molar-refractivity contribution >= 4 is 12.0 Å². The number of carbonyl (C=O) groups is 1. The number of benzene rings is 1. The molecule has 0 saturated carbocycles. The Morgan fingerprint density at radius 3 is 2.84 bits per heavy atom. The Labute approximate surface area is 115 Å². The molecule has 3 heteroatoms. The molecular formula is C16H22O3. The molecule has 0 aromatic heterocycles. The summed E-state index contributed by atoms with van der Waals surface area (Å²) in [6.07, 6.45) is 5.24. The van der Waals surface area contributed by atoms with E-state index in [1.165, 1.54) is 6.08 Å². The first-order chi connectivity index (χ1) is 9.11. The third kappa shape index (κ3) is 6.65. The van der Waals surface area contributed by atoms with Crippen LogP contribution in [0, 0.1) is 0 Å². The predicted molar refractivity (Wildman–Crippen MR) is 77.1 cm³/mol.